The van der Waals surface area contributed by atoms with Gasteiger partial charge in [0.15, 0.2) is 0 Å². The Morgan fingerprint density at radius 3 is 1.89 bits per heavy atom. The van der Waals surface area contributed by atoms with Crippen LogP contribution < -0.4 is 10.5 Å². The van der Waals surface area contributed by atoms with Gasteiger partial charge in [0.1, 0.15) is 5.75 Å². The first-order chi connectivity index (χ1) is 8.75. The van der Waals surface area contributed by atoms with Crippen LogP contribution in [0.15, 0.2) is 54.6 Å². The van der Waals surface area contributed by atoms with E-state index in [1.165, 1.54) is 0 Å². The van der Waals surface area contributed by atoms with Gasteiger partial charge < -0.3 is 10.5 Å². The number of benzene rings is 3. The predicted molar refractivity (Wildman–Crippen MR) is 71.7 cm³/mol. The van der Waals surface area contributed by atoms with Crippen molar-refractivity contribution in [1.29, 1.82) is 0 Å². The highest BCUT2D eigenvalue weighted by atomic mass is 16.5. The number of rotatable bonds is 1. The number of ether oxygens (including phenoxy) is 1. The summed E-state index contributed by atoms with van der Waals surface area (Å²) in [5, 5.41) is 3.81. The van der Waals surface area contributed by atoms with Crippen LogP contribution in [0.5, 0.6) is 5.75 Å². The number of primary amides is 1. The third kappa shape index (κ3) is 1.66. The summed E-state index contributed by atoms with van der Waals surface area (Å²) in [6.45, 7) is 0. The molecular weight excluding hydrogens is 226 g/mol. The minimum Gasteiger partial charge on any atom is -0.409 e. The Bertz CT molecular complexity index is 696. The molecule has 0 aromatic heterocycles. The molecule has 0 atom stereocenters. The molecule has 88 valence electrons. The first-order valence-corrected chi connectivity index (χ1v) is 5.63. The molecular formula is C15H11NO2. The lowest BCUT2D eigenvalue weighted by molar-refractivity contribution is 0.212. The minimum absolute atomic E-state index is 0.524. The topological polar surface area (TPSA) is 52.3 Å². The molecule has 0 heterocycles. The summed E-state index contributed by atoms with van der Waals surface area (Å²) >= 11 is 0. The van der Waals surface area contributed by atoms with Crippen LogP contribution in [0.1, 0.15) is 0 Å². The fourth-order valence-electron chi connectivity index (χ4n) is 2.18. The Morgan fingerprint density at radius 1 is 0.889 bits per heavy atom. The molecule has 3 aromatic rings. The highest BCUT2D eigenvalue weighted by molar-refractivity contribution is 6.06. The fourth-order valence-corrected chi connectivity index (χ4v) is 2.18. The van der Waals surface area contributed by atoms with Crippen LogP contribution in [-0.4, -0.2) is 6.09 Å². The monoisotopic (exact) mass is 237 g/mol. The molecule has 3 rings (SSSR count). The van der Waals surface area contributed by atoms with E-state index in [0.717, 1.165) is 21.5 Å². The lowest BCUT2D eigenvalue weighted by atomic mass is 10.0. The lowest BCUT2D eigenvalue weighted by Gasteiger charge is -2.10. The molecule has 3 heteroatoms. The maximum absolute atomic E-state index is 11.1. The van der Waals surface area contributed by atoms with Gasteiger partial charge in [-0.05, 0) is 16.8 Å². The van der Waals surface area contributed by atoms with Gasteiger partial charge in [-0.25, -0.2) is 4.79 Å². The molecule has 18 heavy (non-hydrogen) atoms. The molecule has 0 aliphatic heterocycles. The first kappa shape index (κ1) is 10.6. The number of carbonyl (C=O) groups is 1. The summed E-state index contributed by atoms with van der Waals surface area (Å²) in [5.74, 6) is 0.524. The van der Waals surface area contributed by atoms with E-state index in [2.05, 4.69) is 6.07 Å². The number of fused-ring (bicyclic) bond motifs is 2. The molecule has 0 fully saturated rings. The van der Waals surface area contributed by atoms with Gasteiger partial charge in [-0.1, -0.05) is 48.5 Å². The molecule has 3 nitrogen and oxygen atoms in total. The molecule has 3 aromatic carbocycles. The van der Waals surface area contributed by atoms with Crippen molar-refractivity contribution in [3.8, 4) is 5.75 Å². The molecule has 0 bridgehead atoms. The summed E-state index contributed by atoms with van der Waals surface area (Å²) in [6.07, 6.45) is -0.795. The Hall–Kier alpha value is -2.55. The zero-order chi connectivity index (χ0) is 12.5. The van der Waals surface area contributed by atoms with E-state index in [4.69, 9.17) is 10.5 Å². The van der Waals surface area contributed by atoms with Crippen molar-refractivity contribution in [3.63, 3.8) is 0 Å². The first-order valence-electron chi connectivity index (χ1n) is 5.63. The largest absolute Gasteiger partial charge is 0.410 e. The van der Waals surface area contributed by atoms with Crippen LogP contribution in [0.3, 0.4) is 0 Å². The summed E-state index contributed by atoms with van der Waals surface area (Å²) in [6, 6.07) is 17.6. The van der Waals surface area contributed by atoms with E-state index in [1.807, 2.05) is 48.5 Å². The van der Waals surface area contributed by atoms with Crippen LogP contribution in [0, 0.1) is 0 Å². The molecule has 1 amide bonds. The Morgan fingerprint density at radius 2 is 1.39 bits per heavy atom. The Kier molecular flexibility index (Phi) is 2.38. The normalized spacial score (nSPS) is 10.7. The van der Waals surface area contributed by atoms with Gasteiger partial charge in [0, 0.05) is 10.8 Å². The molecule has 0 unspecified atom stereocenters. The van der Waals surface area contributed by atoms with Crippen molar-refractivity contribution < 1.29 is 9.53 Å². The minimum atomic E-state index is -0.795. The highest BCUT2D eigenvalue weighted by Gasteiger charge is 2.10. The standard InChI is InChI=1S/C15H11NO2/c16-15(17)18-14-12-7-3-1-5-10(12)9-11-6-2-4-8-13(11)14/h1-9H,(H2,16,17). The van der Waals surface area contributed by atoms with Gasteiger partial charge in [0.25, 0.3) is 0 Å². The number of carbonyl (C=O) groups excluding carboxylic acids is 1. The fraction of sp³-hybridized carbons (Fsp3) is 0. The van der Waals surface area contributed by atoms with Crippen molar-refractivity contribution in [3.05, 3.63) is 54.6 Å². The average Bonchev–Trinajstić information content (AvgIpc) is 2.38. The number of hydrogen-bond donors (Lipinski definition) is 1. The highest BCUT2D eigenvalue weighted by Crippen LogP contribution is 2.34. The number of amides is 1. The van der Waals surface area contributed by atoms with Crippen LogP contribution in [0.25, 0.3) is 21.5 Å². The van der Waals surface area contributed by atoms with Gasteiger partial charge in [-0.3, -0.25) is 0 Å². The third-order valence-corrected chi connectivity index (χ3v) is 2.92. The van der Waals surface area contributed by atoms with E-state index in [9.17, 15) is 4.79 Å². The maximum Gasteiger partial charge on any atom is 0.410 e. The third-order valence-electron chi connectivity index (χ3n) is 2.92. The van der Waals surface area contributed by atoms with E-state index in [1.54, 1.807) is 0 Å². The van der Waals surface area contributed by atoms with Crippen LogP contribution in [0.2, 0.25) is 0 Å². The zero-order valence-electron chi connectivity index (χ0n) is 9.59. The van der Waals surface area contributed by atoms with Crippen molar-refractivity contribution in [2.75, 3.05) is 0 Å². The van der Waals surface area contributed by atoms with E-state index < -0.39 is 6.09 Å². The van der Waals surface area contributed by atoms with Gasteiger partial charge >= 0.3 is 6.09 Å². The lowest BCUT2D eigenvalue weighted by Crippen LogP contribution is -2.16. The number of nitrogens with two attached hydrogens (primary N) is 1. The van der Waals surface area contributed by atoms with Gasteiger partial charge in [-0.2, -0.15) is 0 Å². The molecule has 2 N–H and O–H groups in total. The second-order valence-electron chi connectivity index (χ2n) is 4.07. The molecule has 0 saturated carbocycles. The van der Waals surface area contributed by atoms with Gasteiger partial charge in [0.2, 0.25) is 0 Å². The zero-order valence-corrected chi connectivity index (χ0v) is 9.59. The van der Waals surface area contributed by atoms with Crippen molar-refractivity contribution in [2.24, 2.45) is 5.73 Å². The summed E-state index contributed by atoms with van der Waals surface area (Å²) in [7, 11) is 0. The molecule has 0 radical (unpaired) electrons. The quantitative estimate of drug-likeness (QED) is 0.659. The summed E-state index contributed by atoms with van der Waals surface area (Å²) in [4.78, 5) is 11.1. The van der Waals surface area contributed by atoms with Crippen molar-refractivity contribution in [2.45, 2.75) is 0 Å². The second-order valence-corrected chi connectivity index (χ2v) is 4.07. The Labute approximate surface area is 104 Å². The molecule has 0 spiro atoms. The van der Waals surface area contributed by atoms with Crippen LogP contribution in [0.4, 0.5) is 4.79 Å². The maximum atomic E-state index is 11.1. The van der Waals surface area contributed by atoms with E-state index in [0.29, 0.717) is 5.75 Å². The van der Waals surface area contributed by atoms with Crippen molar-refractivity contribution >= 4 is 27.6 Å². The molecule has 0 aliphatic rings. The summed E-state index contributed by atoms with van der Waals surface area (Å²) < 4.78 is 5.18. The number of hydrogen-bond acceptors (Lipinski definition) is 2. The van der Waals surface area contributed by atoms with E-state index in [-0.39, 0.29) is 0 Å². The smallest absolute Gasteiger partial charge is 0.409 e. The molecule has 0 aliphatic carbocycles. The Balaban J connectivity index is 2.45. The summed E-state index contributed by atoms with van der Waals surface area (Å²) in [5.41, 5.74) is 5.15. The van der Waals surface area contributed by atoms with Gasteiger partial charge in [0.05, 0.1) is 0 Å². The second kappa shape index (κ2) is 4.04. The van der Waals surface area contributed by atoms with Crippen LogP contribution >= 0.6 is 0 Å². The van der Waals surface area contributed by atoms with Gasteiger partial charge in [-0.15, -0.1) is 0 Å². The van der Waals surface area contributed by atoms with Crippen molar-refractivity contribution in [1.82, 2.24) is 0 Å². The molecule has 0 saturated heterocycles. The van der Waals surface area contributed by atoms with Crippen LogP contribution in [-0.2, 0) is 0 Å². The average molecular weight is 237 g/mol. The van der Waals surface area contributed by atoms with E-state index >= 15 is 0 Å². The SMILES string of the molecule is NC(=O)Oc1c2ccccc2cc2ccccc12. The predicted octanol–water partition coefficient (Wildman–Crippen LogP) is 3.45.